The molecule has 0 heterocycles. The normalized spacial score (nSPS) is 8.93. The predicted molar refractivity (Wildman–Crippen MR) is 43.9 cm³/mol. The molecule has 0 aromatic rings. The average Bonchev–Trinajstić information content (AvgIpc) is 2.18. The molecule has 78 valence electrons. The van der Waals surface area contributed by atoms with Crippen LogP contribution in [0.5, 0.6) is 0 Å². The van der Waals surface area contributed by atoms with E-state index in [1.54, 1.807) is 0 Å². The molecule has 0 N–H and O–H groups in total. The van der Waals surface area contributed by atoms with Crippen LogP contribution >= 0.6 is 0 Å². The van der Waals surface area contributed by atoms with E-state index in [0.29, 0.717) is 0 Å². The standard InChI is InChI=1S/C8H10O6/c1-2-7(11)12-4-3-8(13-5-9)14-6-10/h2,5-6,8H,1,3-4H2. The zero-order valence-electron chi connectivity index (χ0n) is 7.38. The lowest BCUT2D eigenvalue weighted by atomic mass is 10.4. The van der Waals surface area contributed by atoms with Crippen LogP contribution in [0.25, 0.3) is 0 Å². The van der Waals surface area contributed by atoms with Crippen LogP contribution in [0.15, 0.2) is 12.7 Å². The highest BCUT2D eigenvalue weighted by Gasteiger charge is 2.09. The molecule has 0 saturated heterocycles. The fraction of sp³-hybridized carbons (Fsp3) is 0.375. The Morgan fingerprint density at radius 1 is 1.29 bits per heavy atom. The van der Waals surface area contributed by atoms with E-state index in [1.807, 2.05) is 0 Å². The summed E-state index contributed by atoms with van der Waals surface area (Å²) in [5.41, 5.74) is 0. The summed E-state index contributed by atoms with van der Waals surface area (Å²) in [6.45, 7) is 3.44. The van der Waals surface area contributed by atoms with Crippen molar-refractivity contribution in [3.05, 3.63) is 12.7 Å². The Kier molecular flexibility index (Phi) is 6.75. The van der Waals surface area contributed by atoms with Gasteiger partial charge in [-0.2, -0.15) is 0 Å². The molecule has 0 fully saturated rings. The highest BCUT2D eigenvalue weighted by atomic mass is 16.7. The summed E-state index contributed by atoms with van der Waals surface area (Å²) < 4.78 is 13.3. The number of hydrogen-bond donors (Lipinski definition) is 0. The minimum atomic E-state index is -1.03. The minimum absolute atomic E-state index is 0.0306. The zero-order valence-corrected chi connectivity index (χ0v) is 7.38. The molecule has 0 saturated carbocycles. The second-order valence-corrected chi connectivity index (χ2v) is 2.05. The van der Waals surface area contributed by atoms with Crippen molar-refractivity contribution in [2.45, 2.75) is 12.7 Å². The third-order valence-corrected chi connectivity index (χ3v) is 1.18. The quantitative estimate of drug-likeness (QED) is 0.234. The van der Waals surface area contributed by atoms with Crippen LogP contribution < -0.4 is 0 Å². The lowest BCUT2D eigenvalue weighted by Gasteiger charge is -2.11. The van der Waals surface area contributed by atoms with Crippen molar-refractivity contribution in [2.75, 3.05) is 6.61 Å². The van der Waals surface area contributed by atoms with Crippen LogP contribution in [0.4, 0.5) is 0 Å². The number of hydrogen-bond acceptors (Lipinski definition) is 6. The van der Waals surface area contributed by atoms with Crippen molar-refractivity contribution in [2.24, 2.45) is 0 Å². The molecule has 0 radical (unpaired) electrons. The van der Waals surface area contributed by atoms with Gasteiger partial charge in [0.1, 0.15) is 0 Å². The van der Waals surface area contributed by atoms with Gasteiger partial charge in [0.05, 0.1) is 13.0 Å². The summed E-state index contributed by atoms with van der Waals surface area (Å²) in [5, 5.41) is 0. The molecule has 0 unspecified atom stereocenters. The van der Waals surface area contributed by atoms with Crippen molar-refractivity contribution in [1.29, 1.82) is 0 Å². The highest BCUT2D eigenvalue weighted by molar-refractivity contribution is 5.81. The molecule has 6 nitrogen and oxygen atoms in total. The van der Waals surface area contributed by atoms with Gasteiger partial charge in [-0.1, -0.05) is 6.58 Å². The molecule has 6 heteroatoms. The topological polar surface area (TPSA) is 78.9 Å². The molecule has 0 spiro atoms. The van der Waals surface area contributed by atoms with E-state index in [4.69, 9.17) is 0 Å². The Labute approximate surface area is 80.4 Å². The van der Waals surface area contributed by atoms with Crippen molar-refractivity contribution in [3.8, 4) is 0 Å². The lowest BCUT2D eigenvalue weighted by Crippen LogP contribution is -2.19. The summed E-state index contributed by atoms with van der Waals surface area (Å²) in [6, 6.07) is 0. The number of carbonyl (C=O) groups is 3. The van der Waals surface area contributed by atoms with Crippen LogP contribution in [-0.4, -0.2) is 31.8 Å². The van der Waals surface area contributed by atoms with Gasteiger partial charge in [-0.05, 0) is 0 Å². The molecular weight excluding hydrogens is 192 g/mol. The maximum atomic E-state index is 10.5. The lowest BCUT2D eigenvalue weighted by molar-refractivity contribution is -0.172. The molecule has 0 aliphatic heterocycles. The first-order chi connectivity index (χ1) is 6.74. The monoisotopic (exact) mass is 202 g/mol. The van der Waals surface area contributed by atoms with E-state index in [1.165, 1.54) is 0 Å². The molecule has 0 aliphatic carbocycles. The van der Waals surface area contributed by atoms with Crippen LogP contribution in [0, 0.1) is 0 Å². The van der Waals surface area contributed by atoms with Crippen LogP contribution in [0.2, 0.25) is 0 Å². The van der Waals surface area contributed by atoms with Crippen LogP contribution in [-0.2, 0) is 28.6 Å². The molecule has 14 heavy (non-hydrogen) atoms. The van der Waals surface area contributed by atoms with Gasteiger partial charge < -0.3 is 14.2 Å². The van der Waals surface area contributed by atoms with Crippen molar-refractivity contribution >= 4 is 18.9 Å². The number of carbonyl (C=O) groups excluding carboxylic acids is 3. The maximum absolute atomic E-state index is 10.5. The van der Waals surface area contributed by atoms with Gasteiger partial charge in [0.2, 0.25) is 6.29 Å². The van der Waals surface area contributed by atoms with Gasteiger partial charge in [-0.15, -0.1) is 0 Å². The summed E-state index contributed by atoms with van der Waals surface area (Å²) in [7, 11) is 0. The van der Waals surface area contributed by atoms with E-state index in [9.17, 15) is 14.4 Å². The molecule has 0 aliphatic rings. The molecule has 0 atom stereocenters. The SMILES string of the molecule is C=CC(=O)OCCC(OC=O)OC=O. The molecule has 0 amide bonds. The number of rotatable bonds is 8. The summed E-state index contributed by atoms with van der Waals surface area (Å²) >= 11 is 0. The molecule has 0 aromatic carbocycles. The summed E-state index contributed by atoms with van der Waals surface area (Å²) in [4.78, 5) is 30.4. The zero-order chi connectivity index (χ0) is 10.8. The molecule has 0 bridgehead atoms. The predicted octanol–water partition coefficient (Wildman–Crippen LogP) is -0.222. The summed E-state index contributed by atoms with van der Waals surface area (Å²) in [6.07, 6.45) is 0.0513. The van der Waals surface area contributed by atoms with Crippen LogP contribution in [0.1, 0.15) is 6.42 Å². The maximum Gasteiger partial charge on any atom is 0.330 e. The highest BCUT2D eigenvalue weighted by Crippen LogP contribution is 1.98. The Morgan fingerprint density at radius 2 is 1.86 bits per heavy atom. The number of ether oxygens (including phenoxy) is 3. The van der Waals surface area contributed by atoms with E-state index in [-0.39, 0.29) is 26.0 Å². The van der Waals surface area contributed by atoms with Crippen LogP contribution in [0.3, 0.4) is 0 Å². The average molecular weight is 202 g/mol. The van der Waals surface area contributed by atoms with Gasteiger partial charge in [-0.25, -0.2) is 4.79 Å². The summed E-state index contributed by atoms with van der Waals surface area (Å²) in [5.74, 6) is -0.596. The minimum Gasteiger partial charge on any atom is -0.462 e. The fourth-order valence-corrected chi connectivity index (χ4v) is 0.607. The van der Waals surface area contributed by atoms with Gasteiger partial charge in [0.25, 0.3) is 12.9 Å². The van der Waals surface area contributed by atoms with E-state index in [2.05, 4.69) is 20.8 Å². The third kappa shape index (κ3) is 5.76. The Morgan fingerprint density at radius 3 is 2.29 bits per heavy atom. The van der Waals surface area contributed by atoms with Gasteiger partial charge in [0, 0.05) is 6.08 Å². The van der Waals surface area contributed by atoms with Gasteiger partial charge in [0.15, 0.2) is 0 Å². The van der Waals surface area contributed by atoms with E-state index in [0.717, 1.165) is 6.08 Å². The van der Waals surface area contributed by atoms with Crippen molar-refractivity contribution in [1.82, 2.24) is 0 Å². The smallest absolute Gasteiger partial charge is 0.330 e. The largest absolute Gasteiger partial charge is 0.462 e. The third-order valence-electron chi connectivity index (χ3n) is 1.18. The molecule has 0 rings (SSSR count). The molecule has 0 aromatic heterocycles. The fourth-order valence-electron chi connectivity index (χ4n) is 0.607. The molecular formula is C8H10O6. The number of esters is 1. The van der Waals surface area contributed by atoms with Gasteiger partial charge in [-0.3, -0.25) is 9.59 Å². The Hall–Kier alpha value is -1.85. The first-order valence-electron chi connectivity index (χ1n) is 3.72. The van der Waals surface area contributed by atoms with Crippen molar-refractivity contribution < 1.29 is 28.6 Å². The van der Waals surface area contributed by atoms with Crippen molar-refractivity contribution in [3.63, 3.8) is 0 Å². The second kappa shape index (κ2) is 7.78. The van der Waals surface area contributed by atoms with E-state index < -0.39 is 12.3 Å². The van der Waals surface area contributed by atoms with Gasteiger partial charge >= 0.3 is 5.97 Å². The van der Waals surface area contributed by atoms with E-state index >= 15 is 0 Å². The first-order valence-corrected chi connectivity index (χ1v) is 3.72. The first kappa shape index (κ1) is 12.2. The Balaban J connectivity index is 3.69. The Bertz CT molecular complexity index is 202. The second-order valence-electron chi connectivity index (χ2n) is 2.05.